The van der Waals surface area contributed by atoms with E-state index in [1.165, 1.54) is 9.80 Å². The lowest BCUT2D eigenvalue weighted by Gasteiger charge is -2.50. The number of fused-ring (bicyclic) bond motifs is 5. The molecule has 3 heterocycles. The Bertz CT molecular complexity index is 1620. The fourth-order valence-corrected chi connectivity index (χ4v) is 8.33. The summed E-state index contributed by atoms with van der Waals surface area (Å²) in [5.41, 5.74) is 1.26. The molecule has 4 amide bonds. The number of likely N-dealkylation sites (tertiary alicyclic amines) is 1. The van der Waals surface area contributed by atoms with Crippen LogP contribution in [0.25, 0.3) is 0 Å². The molecule has 216 valence electrons. The molecule has 1 N–H and O–H groups in total. The molecule has 3 aliphatic heterocycles. The summed E-state index contributed by atoms with van der Waals surface area (Å²) in [6.07, 6.45) is 4.87. The number of nitrogens with zero attached hydrogens (tertiary/aromatic N) is 2. The summed E-state index contributed by atoms with van der Waals surface area (Å²) in [5.74, 6) is -2.82. The van der Waals surface area contributed by atoms with Crippen molar-refractivity contribution in [3.8, 4) is 11.5 Å². The summed E-state index contributed by atoms with van der Waals surface area (Å²) in [7, 11) is 0. The number of hydrogen-bond acceptors (Lipinski definition) is 6. The van der Waals surface area contributed by atoms with Gasteiger partial charge in [-0.05, 0) is 82.4 Å². The predicted molar refractivity (Wildman–Crippen MR) is 154 cm³/mol. The van der Waals surface area contributed by atoms with Gasteiger partial charge in [0.25, 0.3) is 0 Å². The highest BCUT2D eigenvalue weighted by Gasteiger charge is 2.68. The third-order valence-corrected chi connectivity index (χ3v) is 10.1. The van der Waals surface area contributed by atoms with E-state index in [-0.39, 0.29) is 35.3 Å². The number of phenolic OH excluding ortho intramolecular Hbond substituents is 1. The van der Waals surface area contributed by atoms with Gasteiger partial charge in [0.1, 0.15) is 11.5 Å². The molecular formula is C34H34N2O6. The van der Waals surface area contributed by atoms with E-state index in [0.29, 0.717) is 30.7 Å². The summed E-state index contributed by atoms with van der Waals surface area (Å²) in [5, 5.41) is 10.2. The number of amides is 4. The van der Waals surface area contributed by atoms with Gasteiger partial charge in [0.2, 0.25) is 23.6 Å². The molecular weight excluding hydrogens is 532 g/mol. The van der Waals surface area contributed by atoms with E-state index in [1.54, 1.807) is 48.7 Å². The number of allylic oxidation sites excluding steroid dienone is 3. The second kappa shape index (κ2) is 8.90. The molecule has 6 atom stereocenters. The van der Waals surface area contributed by atoms with Crippen LogP contribution in [0.1, 0.15) is 46.1 Å². The van der Waals surface area contributed by atoms with Gasteiger partial charge in [-0.15, -0.1) is 0 Å². The molecule has 0 spiro atoms. The van der Waals surface area contributed by atoms with Crippen LogP contribution in [0.3, 0.4) is 0 Å². The summed E-state index contributed by atoms with van der Waals surface area (Å²) >= 11 is 0. The van der Waals surface area contributed by atoms with Gasteiger partial charge >= 0.3 is 0 Å². The first-order valence-electron chi connectivity index (χ1n) is 14.6. The van der Waals surface area contributed by atoms with Crippen LogP contribution < -0.4 is 9.64 Å². The average molecular weight is 567 g/mol. The smallest absolute Gasteiger partial charge is 0.241 e. The Morgan fingerprint density at radius 1 is 0.952 bits per heavy atom. The number of carbonyl (C=O) groups is 4. The predicted octanol–water partition coefficient (Wildman–Crippen LogP) is 4.77. The zero-order valence-corrected chi connectivity index (χ0v) is 24.2. The molecule has 2 aliphatic carbocycles. The van der Waals surface area contributed by atoms with Crippen LogP contribution >= 0.6 is 0 Å². The Hall–Kier alpha value is -4.20. The van der Waals surface area contributed by atoms with E-state index in [4.69, 9.17) is 4.74 Å². The van der Waals surface area contributed by atoms with Crippen molar-refractivity contribution in [1.29, 1.82) is 0 Å². The fraction of sp³-hybridized carbons (Fsp3) is 0.412. The minimum Gasteiger partial charge on any atom is -0.508 e. The largest absolute Gasteiger partial charge is 0.508 e. The fourth-order valence-electron chi connectivity index (χ4n) is 8.33. The first-order valence-corrected chi connectivity index (χ1v) is 14.6. The summed E-state index contributed by atoms with van der Waals surface area (Å²) in [4.78, 5) is 58.9. The Labute approximate surface area is 244 Å². The summed E-state index contributed by atoms with van der Waals surface area (Å²) in [6, 6.07) is 13.9. The molecule has 0 aromatic heterocycles. The first-order chi connectivity index (χ1) is 19.9. The number of para-hydroxylation sites is 1. The van der Waals surface area contributed by atoms with Gasteiger partial charge in [0, 0.05) is 23.4 Å². The number of hydrogen-bond donors (Lipinski definition) is 1. The van der Waals surface area contributed by atoms with Gasteiger partial charge in [-0.25, -0.2) is 4.90 Å². The van der Waals surface area contributed by atoms with Gasteiger partial charge in [-0.3, -0.25) is 24.1 Å². The molecule has 6 unspecified atom stereocenters. The maximum Gasteiger partial charge on any atom is 0.241 e. The zero-order chi connectivity index (χ0) is 29.7. The number of carbonyl (C=O) groups excluding carboxylic acids is 4. The second-order valence-electron chi connectivity index (χ2n) is 13.5. The van der Waals surface area contributed by atoms with Crippen molar-refractivity contribution in [2.24, 2.45) is 35.0 Å². The zero-order valence-electron chi connectivity index (χ0n) is 24.2. The molecule has 5 aliphatic rings. The van der Waals surface area contributed by atoms with Crippen LogP contribution in [0, 0.1) is 35.0 Å². The third kappa shape index (κ3) is 3.53. The summed E-state index contributed by atoms with van der Waals surface area (Å²) in [6.45, 7) is 7.46. The lowest BCUT2D eigenvalue weighted by Crippen LogP contribution is -2.51. The van der Waals surface area contributed by atoms with E-state index < -0.39 is 34.6 Å². The molecule has 2 aromatic carbocycles. The number of rotatable bonds is 2. The lowest BCUT2D eigenvalue weighted by molar-refractivity contribution is -0.146. The van der Waals surface area contributed by atoms with E-state index in [9.17, 15) is 24.3 Å². The van der Waals surface area contributed by atoms with E-state index in [0.717, 1.165) is 16.7 Å². The molecule has 7 rings (SSSR count). The van der Waals surface area contributed by atoms with Crippen LogP contribution in [0.5, 0.6) is 11.5 Å². The van der Waals surface area contributed by atoms with Crippen molar-refractivity contribution < 1.29 is 29.0 Å². The van der Waals surface area contributed by atoms with E-state index in [2.05, 4.69) is 6.08 Å². The molecule has 0 radical (unpaired) electrons. The van der Waals surface area contributed by atoms with Gasteiger partial charge in [-0.1, -0.05) is 29.8 Å². The number of anilines is 1. The maximum atomic E-state index is 14.5. The molecule has 8 heteroatoms. The molecule has 8 nitrogen and oxygen atoms in total. The average Bonchev–Trinajstić information content (AvgIpc) is 3.32. The maximum absolute atomic E-state index is 14.5. The van der Waals surface area contributed by atoms with Gasteiger partial charge in [0.15, 0.2) is 0 Å². The monoisotopic (exact) mass is 566 g/mol. The van der Waals surface area contributed by atoms with Crippen molar-refractivity contribution in [2.75, 3.05) is 4.90 Å². The number of phenols is 1. The second-order valence-corrected chi connectivity index (χ2v) is 13.5. The van der Waals surface area contributed by atoms with E-state index >= 15 is 0 Å². The topological polar surface area (TPSA) is 104 Å². The number of aromatic hydroxyl groups is 1. The van der Waals surface area contributed by atoms with Crippen molar-refractivity contribution in [3.63, 3.8) is 0 Å². The van der Waals surface area contributed by atoms with Crippen LogP contribution in [0.2, 0.25) is 0 Å². The first kappa shape index (κ1) is 26.7. The van der Waals surface area contributed by atoms with Crippen molar-refractivity contribution in [1.82, 2.24) is 4.90 Å². The number of ether oxygens (including phenoxy) is 1. The van der Waals surface area contributed by atoms with Crippen LogP contribution in [-0.2, 0) is 25.6 Å². The van der Waals surface area contributed by atoms with Crippen LogP contribution in [0.15, 0.2) is 72.0 Å². The van der Waals surface area contributed by atoms with Gasteiger partial charge < -0.3 is 9.84 Å². The highest BCUT2D eigenvalue weighted by atomic mass is 16.5. The minimum absolute atomic E-state index is 0.114. The molecule has 42 heavy (non-hydrogen) atoms. The summed E-state index contributed by atoms with van der Waals surface area (Å²) < 4.78 is 6.04. The Kier molecular flexibility index (Phi) is 5.65. The van der Waals surface area contributed by atoms with Crippen molar-refractivity contribution in [3.05, 3.63) is 77.6 Å². The quantitative estimate of drug-likeness (QED) is 0.415. The molecule has 2 aromatic rings. The van der Waals surface area contributed by atoms with Crippen molar-refractivity contribution >= 4 is 29.3 Å². The highest BCUT2D eigenvalue weighted by molar-refractivity contribution is 6.24. The number of imide groups is 2. The highest BCUT2D eigenvalue weighted by Crippen LogP contribution is 2.63. The molecule has 1 saturated carbocycles. The minimum atomic E-state index is -1.12. The molecule has 2 saturated heterocycles. The Morgan fingerprint density at radius 3 is 2.40 bits per heavy atom. The SMILES string of the molecule is CC12C(=O)N(c3ccccc3)C(=O)C1CC1C(=CCC3C(=O)N(C(C)(C)C)C(=O)C31)C2C1=COc2ccc(O)cc2C1. The van der Waals surface area contributed by atoms with Crippen molar-refractivity contribution in [2.45, 2.75) is 52.5 Å². The number of benzene rings is 2. The van der Waals surface area contributed by atoms with E-state index in [1.807, 2.05) is 33.8 Å². The Balaban J connectivity index is 1.37. The van der Waals surface area contributed by atoms with Gasteiger partial charge in [0.05, 0.1) is 35.1 Å². The lowest BCUT2D eigenvalue weighted by atomic mass is 9.51. The Morgan fingerprint density at radius 2 is 1.69 bits per heavy atom. The normalized spacial score (nSPS) is 32.0. The van der Waals surface area contributed by atoms with Crippen LogP contribution in [0.4, 0.5) is 5.69 Å². The van der Waals surface area contributed by atoms with Crippen LogP contribution in [-0.4, -0.2) is 39.2 Å². The molecule has 0 bridgehead atoms. The standard InChI is InChI=1S/C34H34N2O6/c1-33(2,3)36-29(38)23-12-11-22-24(27(23)31(36)40)16-25-30(39)35(20-8-6-5-7-9-20)32(41)34(25,4)28(22)19-14-18-15-21(37)10-13-26(18)42-17-19/h5-11,13,15,17,23-25,27-28,37H,12,14,16H2,1-4H3. The molecule has 3 fully saturated rings. The van der Waals surface area contributed by atoms with Gasteiger partial charge in [-0.2, -0.15) is 0 Å². The third-order valence-electron chi connectivity index (χ3n) is 10.1.